The Hall–Kier alpha value is 0.247. The van der Waals surface area contributed by atoms with Gasteiger partial charge >= 0.3 is 0 Å². The summed E-state index contributed by atoms with van der Waals surface area (Å²) in [7, 11) is -0.0274. The molecule has 0 heterocycles. The molecule has 0 fully saturated rings. The highest BCUT2D eigenvalue weighted by Crippen LogP contribution is 1.87. The van der Waals surface area contributed by atoms with Crippen molar-refractivity contribution in [2.75, 3.05) is 5.50 Å². The van der Waals surface area contributed by atoms with Gasteiger partial charge in [-0.15, -0.1) is 11.6 Å². The second kappa shape index (κ2) is 4.41. The Labute approximate surface area is 52.4 Å². The molecule has 0 aliphatic heterocycles. The zero-order valence-electron chi connectivity index (χ0n) is 4.87. The van der Waals surface area contributed by atoms with Crippen LogP contribution in [0.4, 0.5) is 0 Å². The summed E-state index contributed by atoms with van der Waals surface area (Å²) >= 11 is 5.50. The van der Waals surface area contributed by atoms with Crippen LogP contribution < -0.4 is 0 Å². The lowest BCUT2D eigenvalue weighted by Crippen LogP contribution is -1.92. The summed E-state index contributed by atoms with van der Waals surface area (Å²) in [6.45, 7) is 4.21. The van der Waals surface area contributed by atoms with Crippen molar-refractivity contribution in [3.63, 3.8) is 0 Å². The van der Waals surface area contributed by atoms with E-state index in [-0.39, 0.29) is 9.52 Å². The molecule has 0 aliphatic rings. The Morgan fingerprint density at radius 2 is 2.43 bits per heavy atom. The molecule has 0 aromatic heterocycles. The van der Waals surface area contributed by atoms with Gasteiger partial charge in [-0.1, -0.05) is 11.3 Å². The largest absolute Gasteiger partial charge is 0.130 e. The normalized spacial score (nSPS) is 13.9. The average molecular weight is 135 g/mol. The van der Waals surface area contributed by atoms with E-state index in [1.807, 2.05) is 0 Å². The van der Waals surface area contributed by atoms with Gasteiger partial charge in [0.1, 0.15) is 0 Å². The molecular weight excluding hydrogens is 124 g/mol. The summed E-state index contributed by atoms with van der Waals surface area (Å²) in [6, 6.07) is 0. The maximum atomic E-state index is 5.50. The van der Waals surface area contributed by atoms with Crippen molar-refractivity contribution in [1.29, 1.82) is 0 Å². The minimum absolute atomic E-state index is 0.0274. The molecule has 0 aromatic rings. The first kappa shape index (κ1) is 7.25. The van der Waals surface area contributed by atoms with Gasteiger partial charge < -0.3 is 0 Å². The number of alkyl halides is 1. The van der Waals surface area contributed by atoms with Gasteiger partial charge in [-0.2, -0.15) is 0 Å². The lowest BCUT2D eigenvalue weighted by atomic mass is 10.6. The van der Waals surface area contributed by atoms with Crippen molar-refractivity contribution in [3.8, 4) is 0 Å². The maximum Gasteiger partial charge on any atom is 0.0655 e. The van der Waals surface area contributed by atoms with Crippen LogP contribution in [0, 0.1) is 0 Å². The van der Waals surface area contributed by atoms with E-state index in [2.05, 4.69) is 19.9 Å². The molecule has 42 valence electrons. The molecule has 0 saturated heterocycles. The van der Waals surface area contributed by atoms with Crippen LogP contribution in [0.5, 0.6) is 0 Å². The number of halogens is 1. The molecule has 2 heteroatoms. The van der Waals surface area contributed by atoms with Crippen molar-refractivity contribution in [2.24, 2.45) is 0 Å². The molecule has 7 heavy (non-hydrogen) atoms. The minimum Gasteiger partial charge on any atom is -0.130 e. The van der Waals surface area contributed by atoms with Gasteiger partial charge in [-0.25, -0.2) is 0 Å². The van der Waals surface area contributed by atoms with Gasteiger partial charge in [0.25, 0.3) is 0 Å². The van der Waals surface area contributed by atoms with Gasteiger partial charge in [0.05, 0.1) is 9.52 Å². The fourth-order valence-electron chi connectivity index (χ4n) is 0.293. The summed E-state index contributed by atoms with van der Waals surface area (Å²) in [6.07, 6.45) is 2.15. The number of rotatable bonds is 2. The number of hydrogen-bond donors (Lipinski definition) is 0. The van der Waals surface area contributed by atoms with Gasteiger partial charge in [-0.05, 0) is 13.8 Å². The van der Waals surface area contributed by atoms with Crippen LogP contribution in [-0.2, 0) is 0 Å². The Kier molecular flexibility index (Phi) is 4.56. The van der Waals surface area contributed by atoms with E-state index in [4.69, 9.17) is 11.6 Å². The highest BCUT2D eigenvalue weighted by molar-refractivity contribution is 6.56. The summed E-state index contributed by atoms with van der Waals surface area (Å²) < 4.78 is 0. The first-order valence-electron chi connectivity index (χ1n) is 2.49. The molecule has 0 spiro atoms. The molecule has 0 N–H and O–H groups in total. The lowest BCUT2D eigenvalue weighted by molar-refractivity contribution is 1.56. The van der Waals surface area contributed by atoms with Gasteiger partial charge in [-0.3, -0.25) is 0 Å². The Morgan fingerprint density at radius 1 is 1.86 bits per heavy atom. The number of allylic oxidation sites excluding steroid dienone is 2. The molecule has 0 rings (SSSR count). The van der Waals surface area contributed by atoms with Crippen molar-refractivity contribution >= 4 is 21.1 Å². The molecule has 0 radical (unpaired) electrons. The molecule has 0 bridgehead atoms. The standard InChI is InChI=1S/C5H11ClSi/c1-3-5(2)7-4-6/h3H,4,7H2,1-2H3. The van der Waals surface area contributed by atoms with Crippen molar-refractivity contribution < 1.29 is 0 Å². The van der Waals surface area contributed by atoms with E-state index >= 15 is 0 Å². The maximum absolute atomic E-state index is 5.50. The molecular formula is C5H11ClSi. The third-order valence-electron chi connectivity index (χ3n) is 0.982. The zero-order chi connectivity index (χ0) is 5.70. The third-order valence-corrected chi connectivity index (χ3v) is 2.93. The monoisotopic (exact) mass is 134 g/mol. The first-order chi connectivity index (χ1) is 3.31. The molecule has 0 atom stereocenters. The van der Waals surface area contributed by atoms with Crippen LogP contribution in [0.15, 0.2) is 11.3 Å². The SMILES string of the molecule is CC=C(C)[SiH2]CCl. The van der Waals surface area contributed by atoms with Crippen LogP contribution in [0.3, 0.4) is 0 Å². The number of hydrogen-bond acceptors (Lipinski definition) is 0. The molecule has 0 unspecified atom stereocenters. The molecule has 0 saturated carbocycles. The summed E-state index contributed by atoms with van der Waals surface area (Å²) in [4.78, 5) is 0. The van der Waals surface area contributed by atoms with Gasteiger partial charge in [0, 0.05) is 5.50 Å². The van der Waals surface area contributed by atoms with Crippen LogP contribution in [0.1, 0.15) is 13.8 Å². The van der Waals surface area contributed by atoms with E-state index in [1.54, 1.807) is 0 Å². The molecule has 0 amide bonds. The third kappa shape index (κ3) is 4.09. The second-order valence-electron chi connectivity index (χ2n) is 1.57. The highest BCUT2D eigenvalue weighted by atomic mass is 35.5. The molecule has 0 nitrogen and oxygen atoms in total. The summed E-state index contributed by atoms with van der Waals surface area (Å²) in [5.74, 6) is 0. The average Bonchev–Trinajstić information content (AvgIpc) is 1.68. The molecule has 0 aliphatic carbocycles. The van der Waals surface area contributed by atoms with E-state index in [9.17, 15) is 0 Å². The Balaban J connectivity index is 3.17. The van der Waals surface area contributed by atoms with Gasteiger partial charge in [0.15, 0.2) is 0 Å². The topological polar surface area (TPSA) is 0 Å². The van der Waals surface area contributed by atoms with Gasteiger partial charge in [0.2, 0.25) is 0 Å². The van der Waals surface area contributed by atoms with Crippen molar-refractivity contribution in [3.05, 3.63) is 11.3 Å². The van der Waals surface area contributed by atoms with Crippen LogP contribution in [-0.4, -0.2) is 15.0 Å². The zero-order valence-corrected chi connectivity index (χ0v) is 7.04. The molecule has 0 aromatic carbocycles. The van der Waals surface area contributed by atoms with Crippen LogP contribution >= 0.6 is 11.6 Å². The first-order valence-corrected chi connectivity index (χ1v) is 4.73. The van der Waals surface area contributed by atoms with E-state index in [0.29, 0.717) is 0 Å². The summed E-state index contributed by atoms with van der Waals surface area (Å²) in [5.41, 5.74) is 0.885. The summed E-state index contributed by atoms with van der Waals surface area (Å²) in [5, 5.41) is 1.51. The fourth-order valence-corrected chi connectivity index (χ4v) is 1.77. The Morgan fingerprint density at radius 3 is 2.57 bits per heavy atom. The lowest BCUT2D eigenvalue weighted by Gasteiger charge is -1.88. The second-order valence-corrected chi connectivity index (χ2v) is 4.70. The predicted molar refractivity (Wildman–Crippen MR) is 38.7 cm³/mol. The quantitative estimate of drug-likeness (QED) is 0.394. The smallest absolute Gasteiger partial charge is 0.0655 e. The minimum atomic E-state index is -0.0274. The van der Waals surface area contributed by atoms with Crippen molar-refractivity contribution in [2.45, 2.75) is 13.8 Å². The highest BCUT2D eigenvalue weighted by Gasteiger charge is 1.82. The predicted octanol–water partition coefficient (Wildman–Crippen LogP) is 1.28. The van der Waals surface area contributed by atoms with Crippen LogP contribution in [0.25, 0.3) is 0 Å². The van der Waals surface area contributed by atoms with E-state index in [1.165, 1.54) is 5.20 Å². The van der Waals surface area contributed by atoms with E-state index < -0.39 is 0 Å². The van der Waals surface area contributed by atoms with Crippen molar-refractivity contribution in [1.82, 2.24) is 0 Å². The van der Waals surface area contributed by atoms with Crippen LogP contribution in [0.2, 0.25) is 0 Å². The van der Waals surface area contributed by atoms with E-state index in [0.717, 1.165) is 5.50 Å². The Bertz CT molecular complexity index is 68.5. The fraction of sp³-hybridized carbons (Fsp3) is 0.600.